The molecule has 3 rings (SSSR count). The Morgan fingerprint density at radius 2 is 2.00 bits per heavy atom. The van der Waals surface area contributed by atoms with E-state index in [0.29, 0.717) is 21.9 Å². The Morgan fingerprint density at radius 3 is 2.81 bits per heavy atom. The summed E-state index contributed by atoms with van der Waals surface area (Å²) in [7, 11) is 0. The van der Waals surface area contributed by atoms with Crippen LogP contribution in [0.15, 0.2) is 48.7 Å². The van der Waals surface area contributed by atoms with Crippen molar-refractivity contribution in [2.45, 2.75) is 6.54 Å². The van der Waals surface area contributed by atoms with Crippen molar-refractivity contribution in [3.63, 3.8) is 0 Å². The lowest BCUT2D eigenvalue weighted by Crippen LogP contribution is -2.01. The SMILES string of the molecule is NCc1cccc(F)c1Oc1ccc(Cl)c2cccnc12. The largest absolute Gasteiger partial charge is 0.452 e. The highest BCUT2D eigenvalue weighted by atomic mass is 35.5. The number of pyridine rings is 1. The first-order valence-electron chi connectivity index (χ1n) is 6.39. The highest BCUT2D eigenvalue weighted by Gasteiger charge is 2.13. The van der Waals surface area contributed by atoms with Crippen molar-refractivity contribution in [1.29, 1.82) is 0 Å². The Bertz CT molecular complexity index is 807. The van der Waals surface area contributed by atoms with Crippen LogP contribution in [0, 0.1) is 5.82 Å². The standard InChI is InChI=1S/C16H12ClFN2O/c17-12-6-7-14(15-11(12)4-2-8-20-15)21-16-10(9-19)3-1-5-13(16)18/h1-8H,9,19H2. The quantitative estimate of drug-likeness (QED) is 0.785. The van der Waals surface area contributed by atoms with Gasteiger partial charge in [-0.1, -0.05) is 23.7 Å². The molecule has 0 bridgehead atoms. The van der Waals surface area contributed by atoms with Crippen molar-refractivity contribution in [3.05, 3.63) is 65.1 Å². The van der Waals surface area contributed by atoms with Gasteiger partial charge in [-0.05, 0) is 30.3 Å². The number of nitrogens with two attached hydrogens (primary N) is 1. The molecule has 0 fully saturated rings. The fourth-order valence-corrected chi connectivity index (χ4v) is 2.35. The van der Waals surface area contributed by atoms with Crippen LogP contribution in [0.4, 0.5) is 4.39 Å². The van der Waals surface area contributed by atoms with E-state index in [1.807, 2.05) is 6.07 Å². The van der Waals surface area contributed by atoms with Crippen LogP contribution in [0.3, 0.4) is 0 Å². The van der Waals surface area contributed by atoms with Crippen LogP contribution in [-0.4, -0.2) is 4.98 Å². The number of hydrogen-bond donors (Lipinski definition) is 1. The third-order valence-corrected chi connectivity index (χ3v) is 3.49. The van der Waals surface area contributed by atoms with E-state index >= 15 is 0 Å². The van der Waals surface area contributed by atoms with Gasteiger partial charge in [0.05, 0.1) is 5.02 Å². The predicted molar refractivity (Wildman–Crippen MR) is 81.1 cm³/mol. The average molecular weight is 303 g/mol. The molecular weight excluding hydrogens is 291 g/mol. The zero-order valence-corrected chi connectivity index (χ0v) is 11.8. The van der Waals surface area contributed by atoms with Crippen molar-refractivity contribution in [2.75, 3.05) is 0 Å². The Morgan fingerprint density at radius 1 is 1.14 bits per heavy atom. The fourth-order valence-electron chi connectivity index (χ4n) is 2.13. The topological polar surface area (TPSA) is 48.1 Å². The van der Waals surface area contributed by atoms with Gasteiger partial charge in [0.25, 0.3) is 0 Å². The van der Waals surface area contributed by atoms with Gasteiger partial charge in [-0.15, -0.1) is 0 Å². The second kappa shape index (κ2) is 5.68. The molecule has 1 heterocycles. The monoisotopic (exact) mass is 302 g/mol. The van der Waals surface area contributed by atoms with Gasteiger partial charge in [-0.2, -0.15) is 0 Å². The third-order valence-electron chi connectivity index (χ3n) is 3.16. The molecule has 2 aromatic carbocycles. The van der Waals surface area contributed by atoms with Gasteiger partial charge in [-0.3, -0.25) is 4.98 Å². The van der Waals surface area contributed by atoms with Crippen LogP contribution in [0.1, 0.15) is 5.56 Å². The lowest BCUT2D eigenvalue weighted by Gasteiger charge is -2.12. The minimum atomic E-state index is -0.461. The lowest BCUT2D eigenvalue weighted by atomic mass is 10.2. The Hall–Kier alpha value is -2.17. The molecule has 2 N–H and O–H groups in total. The van der Waals surface area contributed by atoms with Crippen LogP contribution in [0.25, 0.3) is 10.9 Å². The molecule has 3 aromatic rings. The maximum absolute atomic E-state index is 14.0. The number of benzene rings is 2. The summed E-state index contributed by atoms with van der Waals surface area (Å²) in [6.07, 6.45) is 1.64. The molecule has 106 valence electrons. The van der Waals surface area contributed by atoms with Gasteiger partial charge >= 0.3 is 0 Å². The second-order valence-corrected chi connectivity index (χ2v) is 4.89. The van der Waals surface area contributed by atoms with E-state index in [1.54, 1.807) is 36.5 Å². The summed E-state index contributed by atoms with van der Waals surface area (Å²) in [5.41, 5.74) is 6.80. The molecule has 1 aromatic heterocycles. The molecule has 0 aliphatic carbocycles. The van der Waals surface area contributed by atoms with E-state index in [-0.39, 0.29) is 12.3 Å². The summed E-state index contributed by atoms with van der Waals surface area (Å²) in [6, 6.07) is 11.6. The number of nitrogens with zero attached hydrogens (tertiary/aromatic N) is 1. The molecule has 0 amide bonds. The Balaban J connectivity index is 2.13. The molecule has 0 unspecified atom stereocenters. The summed E-state index contributed by atoms with van der Waals surface area (Å²) in [5, 5.41) is 1.32. The zero-order chi connectivity index (χ0) is 14.8. The van der Waals surface area contributed by atoms with E-state index in [0.717, 1.165) is 5.39 Å². The second-order valence-electron chi connectivity index (χ2n) is 4.48. The molecule has 0 atom stereocenters. The normalized spacial score (nSPS) is 10.8. The molecular formula is C16H12ClFN2O. The number of aromatic nitrogens is 1. The van der Waals surface area contributed by atoms with Gasteiger partial charge in [0.1, 0.15) is 5.52 Å². The minimum absolute atomic E-state index is 0.120. The van der Waals surface area contributed by atoms with E-state index in [2.05, 4.69) is 4.98 Å². The van der Waals surface area contributed by atoms with Crippen LogP contribution < -0.4 is 10.5 Å². The van der Waals surface area contributed by atoms with Gasteiger partial charge in [0.15, 0.2) is 17.3 Å². The van der Waals surface area contributed by atoms with Gasteiger partial charge < -0.3 is 10.5 Å². The van der Waals surface area contributed by atoms with Gasteiger partial charge in [0, 0.05) is 23.7 Å². The third kappa shape index (κ3) is 2.55. The first kappa shape index (κ1) is 13.8. The summed E-state index contributed by atoms with van der Waals surface area (Å²) >= 11 is 6.13. The zero-order valence-electron chi connectivity index (χ0n) is 11.0. The lowest BCUT2D eigenvalue weighted by molar-refractivity contribution is 0.439. The number of ether oxygens (including phenoxy) is 1. The Kier molecular flexibility index (Phi) is 3.73. The molecule has 0 saturated heterocycles. The van der Waals surface area contributed by atoms with Crippen LogP contribution in [-0.2, 0) is 6.54 Å². The van der Waals surface area contributed by atoms with Crippen molar-refractivity contribution in [2.24, 2.45) is 5.73 Å². The maximum Gasteiger partial charge on any atom is 0.167 e. The van der Waals surface area contributed by atoms with Crippen molar-refractivity contribution in [3.8, 4) is 11.5 Å². The fraction of sp³-hybridized carbons (Fsp3) is 0.0625. The van der Waals surface area contributed by atoms with Gasteiger partial charge in [0.2, 0.25) is 0 Å². The highest BCUT2D eigenvalue weighted by Crippen LogP contribution is 2.34. The highest BCUT2D eigenvalue weighted by molar-refractivity contribution is 6.35. The van der Waals surface area contributed by atoms with Crippen LogP contribution >= 0.6 is 11.6 Å². The molecule has 0 saturated carbocycles. The molecule has 0 spiro atoms. The van der Waals surface area contributed by atoms with Crippen LogP contribution in [0.5, 0.6) is 11.5 Å². The number of rotatable bonds is 3. The van der Waals surface area contributed by atoms with E-state index in [9.17, 15) is 4.39 Å². The molecule has 0 aliphatic rings. The average Bonchev–Trinajstić information content (AvgIpc) is 2.52. The van der Waals surface area contributed by atoms with Crippen molar-refractivity contribution >= 4 is 22.5 Å². The van der Waals surface area contributed by atoms with Crippen molar-refractivity contribution in [1.82, 2.24) is 4.98 Å². The number of halogens is 2. The van der Waals surface area contributed by atoms with Gasteiger partial charge in [-0.25, -0.2) is 4.39 Å². The van der Waals surface area contributed by atoms with E-state index in [1.165, 1.54) is 6.07 Å². The number of fused-ring (bicyclic) bond motifs is 1. The number of para-hydroxylation sites is 1. The molecule has 0 radical (unpaired) electrons. The first-order chi connectivity index (χ1) is 10.2. The van der Waals surface area contributed by atoms with Crippen LogP contribution in [0.2, 0.25) is 5.02 Å². The maximum atomic E-state index is 14.0. The minimum Gasteiger partial charge on any atom is -0.452 e. The predicted octanol–water partition coefficient (Wildman–Crippen LogP) is 4.28. The molecule has 21 heavy (non-hydrogen) atoms. The number of hydrogen-bond acceptors (Lipinski definition) is 3. The summed E-state index contributed by atoms with van der Waals surface area (Å²) in [4.78, 5) is 4.26. The summed E-state index contributed by atoms with van der Waals surface area (Å²) in [6.45, 7) is 0.187. The molecule has 0 aliphatic heterocycles. The molecule has 5 heteroatoms. The summed E-state index contributed by atoms with van der Waals surface area (Å²) in [5.74, 6) is 0.0982. The summed E-state index contributed by atoms with van der Waals surface area (Å²) < 4.78 is 19.7. The smallest absolute Gasteiger partial charge is 0.167 e. The molecule has 3 nitrogen and oxygen atoms in total. The Labute approximate surface area is 126 Å². The first-order valence-corrected chi connectivity index (χ1v) is 6.77. The van der Waals surface area contributed by atoms with Crippen molar-refractivity contribution < 1.29 is 9.13 Å². The van der Waals surface area contributed by atoms with E-state index in [4.69, 9.17) is 22.1 Å². The van der Waals surface area contributed by atoms with E-state index < -0.39 is 5.82 Å².